The second-order valence-electron chi connectivity index (χ2n) is 7.14. The quantitative estimate of drug-likeness (QED) is 0.531. The van der Waals surface area contributed by atoms with Crippen molar-refractivity contribution in [1.29, 1.82) is 0 Å². The smallest absolute Gasteiger partial charge is 0.261 e. The average molecular weight is 413 g/mol. The minimum absolute atomic E-state index is 0.0200. The molecule has 0 fully saturated rings. The molecule has 3 aromatic rings. The SMILES string of the molecule is CC[NH+](CC)CCCNC(=O)c1sc2ncnc(N(C)c3ccccc3)c2c1C. The summed E-state index contributed by atoms with van der Waals surface area (Å²) < 4.78 is 0. The molecular weight excluding hydrogens is 382 g/mol. The lowest BCUT2D eigenvalue weighted by molar-refractivity contribution is -0.896. The Morgan fingerprint density at radius 1 is 1.17 bits per heavy atom. The second-order valence-corrected chi connectivity index (χ2v) is 8.14. The van der Waals surface area contributed by atoms with Crippen molar-refractivity contribution in [2.45, 2.75) is 27.2 Å². The van der Waals surface area contributed by atoms with Crippen molar-refractivity contribution < 1.29 is 9.69 Å². The number of amides is 1. The van der Waals surface area contributed by atoms with Crippen molar-refractivity contribution in [1.82, 2.24) is 15.3 Å². The van der Waals surface area contributed by atoms with Gasteiger partial charge in [0.25, 0.3) is 5.91 Å². The van der Waals surface area contributed by atoms with E-state index in [1.54, 1.807) is 11.2 Å². The van der Waals surface area contributed by atoms with Gasteiger partial charge < -0.3 is 15.1 Å². The highest BCUT2D eigenvalue weighted by atomic mass is 32.1. The zero-order valence-electron chi connectivity index (χ0n) is 17.7. The van der Waals surface area contributed by atoms with E-state index in [1.165, 1.54) is 11.3 Å². The third-order valence-electron chi connectivity index (χ3n) is 5.37. The molecule has 0 saturated carbocycles. The maximum Gasteiger partial charge on any atom is 0.261 e. The highest BCUT2D eigenvalue weighted by molar-refractivity contribution is 7.20. The molecule has 0 aliphatic rings. The number of aromatic nitrogens is 2. The summed E-state index contributed by atoms with van der Waals surface area (Å²) in [5.41, 5.74) is 1.98. The fraction of sp³-hybridized carbons (Fsp3) is 0.409. The third-order valence-corrected chi connectivity index (χ3v) is 6.57. The Kier molecular flexibility index (Phi) is 7.17. The molecule has 0 radical (unpaired) electrons. The molecule has 3 rings (SSSR count). The minimum atomic E-state index is -0.0200. The lowest BCUT2D eigenvalue weighted by Crippen LogP contribution is -3.11. The van der Waals surface area contributed by atoms with Crippen molar-refractivity contribution in [2.24, 2.45) is 0 Å². The minimum Gasteiger partial charge on any atom is -0.351 e. The molecule has 0 bridgehead atoms. The average Bonchev–Trinajstić information content (AvgIpc) is 3.10. The number of thiophene rings is 1. The van der Waals surface area contributed by atoms with E-state index in [0.29, 0.717) is 6.54 Å². The molecule has 1 aromatic carbocycles. The normalized spacial score (nSPS) is 11.2. The number of fused-ring (bicyclic) bond motifs is 1. The van der Waals surface area contributed by atoms with Crippen LogP contribution in [0.1, 0.15) is 35.5 Å². The molecule has 6 nitrogen and oxygen atoms in total. The summed E-state index contributed by atoms with van der Waals surface area (Å²) in [5, 5.41) is 4.03. The predicted octanol–water partition coefficient (Wildman–Crippen LogP) is 2.81. The number of para-hydroxylation sites is 1. The van der Waals surface area contributed by atoms with Gasteiger partial charge in [-0.25, -0.2) is 9.97 Å². The Hall–Kier alpha value is -2.51. The monoisotopic (exact) mass is 412 g/mol. The molecule has 1 amide bonds. The number of carbonyl (C=O) groups excluding carboxylic acids is 1. The number of quaternary nitrogens is 1. The molecule has 0 spiro atoms. The summed E-state index contributed by atoms with van der Waals surface area (Å²) in [5.74, 6) is 0.799. The van der Waals surface area contributed by atoms with E-state index in [1.807, 2.05) is 49.2 Å². The standard InChI is InChI=1S/C22H29N5OS/c1-5-27(6-2)14-10-13-23-21(28)19-16(3)18-20(24-15-25-22(18)29-19)26(4)17-11-8-7-9-12-17/h7-9,11-12,15H,5-6,10,13-14H2,1-4H3,(H,23,28)/p+1. The van der Waals surface area contributed by atoms with Crippen LogP contribution in [-0.4, -0.2) is 49.1 Å². The summed E-state index contributed by atoms with van der Waals surface area (Å²) in [6.07, 6.45) is 2.55. The number of hydrogen-bond acceptors (Lipinski definition) is 5. The van der Waals surface area contributed by atoms with Crippen molar-refractivity contribution >= 4 is 39.0 Å². The van der Waals surface area contributed by atoms with Gasteiger partial charge in [0.15, 0.2) is 0 Å². The number of carbonyl (C=O) groups is 1. The Bertz CT molecular complexity index is 952. The summed E-state index contributed by atoms with van der Waals surface area (Å²) in [7, 11) is 1.99. The number of benzene rings is 1. The van der Waals surface area contributed by atoms with Crippen LogP contribution in [0.5, 0.6) is 0 Å². The van der Waals surface area contributed by atoms with Crippen molar-refractivity contribution in [3.8, 4) is 0 Å². The first-order valence-electron chi connectivity index (χ1n) is 10.2. The number of hydrogen-bond donors (Lipinski definition) is 2. The number of nitrogens with one attached hydrogen (secondary N) is 2. The molecule has 2 aromatic heterocycles. The highest BCUT2D eigenvalue weighted by Crippen LogP contribution is 2.36. The van der Waals surface area contributed by atoms with E-state index >= 15 is 0 Å². The molecule has 0 aliphatic heterocycles. The molecule has 2 N–H and O–H groups in total. The van der Waals surface area contributed by atoms with Crippen LogP contribution < -0.4 is 15.1 Å². The van der Waals surface area contributed by atoms with Gasteiger partial charge in [-0.1, -0.05) is 18.2 Å². The molecule has 0 saturated heterocycles. The first-order chi connectivity index (χ1) is 14.1. The molecule has 0 unspecified atom stereocenters. The van der Waals surface area contributed by atoms with Crippen LogP contribution in [0.4, 0.5) is 11.5 Å². The van der Waals surface area contributed by atoms with E-state index in [0.717, 1.165) is 58.2 Å². The molecule has 7 heteroatoms. The van der Waals surface area contributed by atoms with Gasteiger partial charge in [-0.3, -0.25) is 4.79 Å². The van der Waals surface area contributed by atoms with Crippen molar-refractivity contribution in [3.05, 3.63) is 47.1 Å². The van der Waals surface area contributed by atoms with Crippen molar-refractivity contribution in [3.63, 3.8) is 0 Å². The van der Waals surface area contributed by atoms with Crippen LogP contribution in [0.25, 0.3) is 10.2 Å². The van der Waals surface area contributed by atoms with Gasteiger partial charge in [0.05, 0.1) is 29.9 Å². The molecule has 29 heavy (non-hydrogen) atoms. The zero-order chi connectivity index (χ0) is 20.8. The van der Waals surface area contributed by atoms with Crippen LogP contribution >= 0.6 is 11.3 Å². The molecular formula is C22H30N5OS+. The molecule has 0 atom stereocenters. The maximum absolute atomic E-state index is 12.8. The Balaban J connectivity index is 1.79. The second kappa shape index (κ2) is 9.80. The fourth-order valence-electron chi connectivity index (χ4n) is 3.52. The van der Waals surface area contributed by atoms with Gasteiger partial charge in [0.1, 0.15) is 17.0 Å². The molecule has 154 valence electrons. The summed E-state index contributed by atoms with van der Waals surface area (Å²) in [6.45, 7) is 10.4. The molecule has 0 aliphatic carbocycles. The van der Waals surface area contributed by atoms with E-state index in [2.05, 4.69) is 29.1 Å². The van der Waals surface area contributed by atoms with E-state index in [-0.39, 0.29) is 5.91 Å². The van der Waals surface area contributed by atoms with Gasteiger partial charge in [0.2, 0.25) is 0 Å². The maximum atomic E-state index is 12.8. The zero-order valence-corrected chi connectivity index (χ0v) is 18.5. The lowest BCUT2D eigenvalue weighted by atomic mass is 10.2. The number of anilines is 2. The Morgan fingerprint density at radius 3 is 2.59 bits per heavy atom. The fourth-order valence-corrected chi connectivity index (χ4v) is 4.58. The largest absolute Gasteiger partial charge is 0.351 e. The van der Waals surface area contributed by atoms with E-state index in [4.69, 9.17) is 0 Å². The van der Waals surface area contributed by atoms with E-state index < -0.39 is 0 Å². The van der Waals surface area contributed by atoms with Gasteiger partial charge in [-0.05, 0) is 38.5 Å². The Labute approximate surface area is 176 Å². The lowest BCUT2D eigenvalue weighted by Gasteiger charge is -2.19. The van der Waals surface area contributed by atoms with Gasteiger partial charge in [-0.2, -0.15) is 0 Å². The Morgan fingerprint density at radius 2 is 1.90 bits per heavy atom. The third kappa shape index (κ3) is 4.74. The van der Waals surface area contributed by atoms with Crippen LogP contribution in [-0.2, 0) is 0 Å². The number of nitrogens with zero attached hydrogens (tertiary/aromatic N) is 3. The highest BCUT2D eigenvalue weighted by Gasteiger charge is 2.21. The van der Waals surface area contributed by atoms with Crippen LogP contribution in [0, 0.1) is 6.92 Å². The molecule has 2 heterocycles. The van der Waals surface area contributed by atoms with Crippen LogP contribution in [0.2, 0.25) is 0 Å². The topological polar surface area (TPSA) is 62.6 Å². The first-order valence-corrected chi connectivity index (χ1v) is 11.0. The number of aryl methyl sites for hydroxylation is 1. The van der Waals surface area contributed by atoms with Gasteiger partial charge in [0, 0.05) is 25.7 Å². The summed E-state index contributed by atoms with van der Waals surface area (Å²) in [4.78, 5) is 26.9. The first kappa shape index (κ1) is 21.2. The predicted molar refractivity (Wildman–Crippen MR) is 121 cm³/mol. The van der Waals surface area contributed by atoms with Crippen molar-refractivity contribution in [2.75, 3.05) is 38.1 Å². The van der Waals surface area contributed by atoms with E-state index in [9.17, 15) is 4.79 Å². The van der Waals surface area contributed by atoms with Gasteiger partial charge in [-0.15, -0.1) is 11.3 Å². The van der Waals surface area contributed by atoms with Gasteiger partial charge >= 0.3 is 0 Å². The summed E-state index contributed by atoms with van der Waals surface area (Å²) in [6, 6.07) is 10.1. The summed E-state index contributed by atoms with van der Waals surface area (Å²) >= 11 is 1.44. The number of rotatable bonds is 9. The van der Waals surface area contributed by atoms with Crippen LogP contribution in [0.3, 0.4) is 0 Å². The van der Waals surface area contributed by atoms with Crippen LogP contribution in [0.15, 0.2) is 36.7 Å².